The Hall–Kier alpha value is -1.02. The van der Waals surface area contributed by atoms with Gasteiger partial charge in [0.15, 0.2) is 0 Å². The van der Waals surface area contributed by atoms with Crippen molar-refractivity contribution in [2.24, 2.45) is 7.05 Å². The fourth-order valence-corrected chi connectivity index (χ4v) is 0.779. The Balaban J connectivity index is 3.21. The molecule has 8 heteroatoms. The van der Waals surface area contributed by atoms with Crippen molar-refractivity contribution in [2.45, 2.75) is 5.16 Å². The van der Waals surface area contributed by atoms with E-state index in [1.165, 1.54) is 7.05 Å². The first-order chi connectivity index (χ1) is 4.50. The quantitative estimate of drug-likeness (QED) is 0.366. The van der Waals surface area contributed by atoms with Crippen molar-refractivity contribution in [1.82, 2.24) is 15.4 Å². The van der Waals surface area contributed by atoms with Crippen molar-refractivity contribution in [1.29, 1.82) is 0 Å². The van der Waals surface area contributed by atoms with Crippen LogP contribution in [0.2, 0.25) is 0 Å². The van der Waals surface area contributed by atoms with E-state index in [1.807, 2.05) is 0 Å². The molecule has 56 valence electrons. The number of hydrogen-bond acceptors (Lipinski definition) is 4. The van der Waals surface area contributed by atoms with Crippen molar-refractivity contribution < 1.29 is 17.8 Å². The van der Waals surface area contributed by atoms with E-state index in [1.54, 1.807) is 0 Å². The number of aryl methyl sites for hydroxylation is 1. The van der Waals surface area contributed by atoms with Crippen molar-refractivity contribution in [3.05, 3.63) is 0 Å². The molecule has 1 heterocycles. The topological polar surface area (TPSA) is 99.8 Å². The minimum atomic E-state index is -4.26. The fraction of sp³-hybridized carbons (Fsp3) is 0.500. The maximum atomic E-state index is 10.2. The normalized spacial score (nSPS) is 11.8. The van der Waals surface area contributed by atoms with Crippen molar-refractivity contribution in [3.63, 3.8) is 0 Å². The molecule has 0 bridgehead atoms. The molecule has 0 aliphatic carbocycles. The van der Waals surface area contributed by atoms with Gasteiger partial charge in [0.1, 0.15) is 7.05 Å². The van der Waals surface area contributed by atoms with Gasteiger partial charge in [0, 0.05) is 5.10 Å². The Morgan fingerprint density at radius 1 is 1.70 bits per heavy atom. The lowest BCUT2D eigenvalue weighted by Gasteiger charge is -1.75. The van der Waals surface area contributed by atoms with Crippen LogP contribution in [0.4, 0.5) is 0 Å². The molecule has 0 saturated carbocycles. The van der Waals surface area contributed by atoms with Gasteiger partial charge < -0.3 is 0 Å². The Morgan fingerprint density at radius 3 is 2.50 bits per heavy atom. The lowest BCUT2D eigenvalue weighted by Crippen LogP contribution is -2.33. The monoisotopic (exact) mass is 165 g/mol. The van der Waals surface area contributed by atoms with Gasteiger partial charge in [-0.05, 0) is 5.21 Å². The molecule has 1 aromatic rings. The molecular weight excluding hydrogens is 160 g/mol. The molecular formula is C2H5N4O3S+. The Morgan fingerprint density at radius 2 is 2.30 bits per heavy atom. The summed E-state index contributed by atoms with van der Waals surface area (Å²) in [5.41, 5.74) is 0. The van der Waals surface area contributed by atoms with Crippen molar-refractivity contribution >= 4 is 10.1 Å². The van der Waals surface area contributed by atoms with E-state index < -0.39 is 15.3 Å². The van der Waals surface area contributed by atoms with Crippen LogP contribution in [0.5, 0.6) is 0 Å². The molecule has 1 rings (SSSR count). The third kappa shape index (κ3) is 1.28. The van der Waals surface area contributed by atoms with Crippen LogP contribution in [-0.2, 0) is 17.2 Å². The molecule has 0 amide bonds. The molecule has 0 aliphatic heterocycles. The standard InChI is InChI=1S/C2H4N4O3S/c1-6-4-2(3-5-6)10(7,8)9/h1H3,(H,7,8,9)/p+1. The zero-order valence-electron chi connectivity index (χ0n) is 5.01. The Bertz CT molecular complexity index is 326. The second kappa shape index (κ2) is 1.99. The van der Waals surface area contributed by atoms with Gasteiger partial charge in [-0.3, -0.25) is 4.55 Å². The second-order valence-electron chi connectivity index (χ2n) is 1.59. The largest absolute Gasteiger partial charge is 0.448 e. The van der Waals surface area contributed by atoms with Crippen molar-refractivity contribution in [3.8, 4) is 0 Å². The molecule has 0 spiro atoms. The van der Waals surface area contributed by atoms with Gasteiger partial charge in [0.25, 0.3) is 0 Å². The number of hydrogen-bond donors (Lipinski definition) is 2. The van der Waals surface area contributed by atoms with Gasteiger partial charge in [-0.25, -0.2) is 0 Å². The summed E-state index contributed by atoms with van der Waals surface area (Å²) >= 11 is 0. The molecule has 1 aromatic heterocycles. The molecule has 0 aromatic carbocycles. The fourth-order valence-electron chi connectivity index (χ4n) is 0.397. The SMILES string of the molecule is C[n+]1nc(S(=O)(=O)O)n[nH]1. The summed E-state index contributed by atoms with van der Waals surface area (Å²) in [7, 11) is -2.81. The van der Waals surface area contributed by atoms with Crippen LogP contribution >= 0.6 is 0 Å². The van der Waals surface area contributed by atoms with Gasteiger partial charge >= 0.3 is 15.3 Å². The molecule has 0 aliphatic rings. The predicted molar refractivity (Wildman–Crippen MR) is 27.4 cm³/mol. The average Bonchev–Trinajstić information content (AvgIpc) is 2.11. The van der Waals surface area contributed by atoms with Crippen LogP contribution in [0.15, 0.2) is 5.16 Å². The number of H-pyrrole nitrogens is 1. The summed E-state index contributed by atoms with van der Waals surface area (Å²) in [6, 6.07) is 0. The molecule has 0 radical (unpaired) electrons. The first kappa shape index (κ1) is 7.09. The van der Waals surface area contributed by atoms with E-state index in [0.717, 1.165) is 4.80 Å². The molecule has 0 atom stereocenters. The predicted octanol–water partition coefficient (Wildman–Crippen LogP) is -2.12. The van der Waals surface area contributed by atoms with E-state index >= 15 is 0 Å². The Kier molecular flexibility index (Phi) is 1.41. The smallest absolute Gasteiger partial charge is 0.277 e. The molecule has 2 N–H and O–H groups in total. The van der Waals surface area contributed by atoms with Gasteiger partial charge in [-0.15, -0.1) is 0 Å². The maximum Gasteiger partial charge on any atom is 0.448 e. The first-order valence-electron chi connectivity index (χ1n) is 2.26. The number of rotatable bonds is 1. The molecule has 0 fully saturated rings. The van der Waals surface area contributed by atoms with E-state index in [4.69, 9.17) is 4.55 Å². The number of tetrazole rings is 1. The Labute approximate surface area is 56.4 Å². The molecule has 0 unspecified atom stereocenters. The van der Waals surface area contributed by atoms with Crippen LogP contribution in [0.3, 0.4) is 0 Å². The summed E-state index contributed by atoms with van der Waals surface area (Å²) in [6.45, 7) is 0. The summed E-state index contributed by atoms with van der Waals surface area (Å²) in [5, 5.41) is 8.03. The van der Waals surface area contributed by atoms with Crippen molar-refractivity contribution in [2.75, 3.05) is 0 Å². The zero-order valence-corrected chi connectivity index (χ0v) is 5.83. The highest BCUT2D eigenvalue weighted by Crippen LogP contribution is 1.92. The minimum absolute atomic E-state index is 0.630. The first-order valence-corrected chi connectivity index (χ1v) is 3.70. The lowest BCUT2D eigenvalue weighted by atomic mass is 11.4. The third-order valence-corrected chi connectivity index (χ3v) is 1.39. The highest BCUT2D eigenvalue weighted by atomic mass is 32.2. The minimum Gasteiger partial charge on any atom is -0.277 e. The molecule has 7 nitrogen and oxygen atoms in total. The van der Waals surface area contributed by atoms with Crippen LogP contribution in [0.1, 0.15) is 0 Å². The summed E-state index contributed by atoms with van der Waals surface area (Å²) in [4.78, 5) is 1.06. The molecule has 0 saturated heterocycles. The third-order valence-electron chi connectivity index (χ3n) is 0.757. The van der Waals surface area contributed by atoms with E-state index in [0.29, 0.717) is 0 Å². The summed E-state index contributed by atoms with van der Waals surface area (Å²) in [5.74, 6) is 0. The zero-order chi connectivity index (χ0) is 7.78. The number of nitrogens with one attached hydrogen (secondary N) is 1. The maximum absolute atomic E-state index is 10.2. The van der Waals surface area contributed by atoms with Gasteiger partial charge in [0.2, 0.25) is 0 Å². The van der Waals surface area contributed by atoms with Crippen LogP contribution in [-0.4, -0.2) is 28.4 Å². The number of nitrogens with zero attached hydrogens (tertiary/aromatic N) is 3. The van der Waals surface area contributed by atoms with E-state index in [9.17, 15) is 8.42 Å². The number of aromatic amines is 1. The van der Waals surface area contributed by atoms with Gasteiger partial charge in [0.05, 0.1) is 5.10 Å². The van der Waals surface area contributed by atoms with E-state index in [-0.39, 0.29) is 0 Å². The van der Waals surface area contributed by atoms with Crippen LogP contribution in [0, 0.1) is 0 Å². The van der Waals surface area contributed by atoms with Gasteiger partial charge in [-0.2, -0.15) is 8.42 Å². The lowest BCUT2D eigenvalue weighted by molar-refractivity contribution is -0.785. The number of aromatic nitrogens is 4. The highest BCUT2D eigenvalue weighted by molar-refractivity contribution is 7.85. The van der Waals surface area contributed by atoms with Crippen LogP contribution in [0.25, 0.3) is 0 Å². The highest BCUT2D eigenvalue weighted by Gasteiger charge is 2.23. The van der Waals surface area contributed by atoms with E-state index in [2.05, 4.69) is 15.4 Å². The van der Waals surface area contributed by atoms with Gasteiger partial charge in [-0.1, -0.05) is 4.80 Å². The summed E-state index contributed by atoms with van der Waals surface area (Å²) in [6.07, 6.45) is 0. The second-order valence-corrected chi connectivity index (χ2v) is 2.91. The van der Waals surface area contributed by atoms with Crippen LogP contribution < -0.4 is 4.80 Å². The summed E-state index contributed by atoms with van der Waals surface area (Å²) < 4.78 is 28.8. The average molecular weight is 165 g/mol. The molecule has 10 heavy (non-hydrogen) atoms.